The molecule has 128 valence electrons. The molecule has 1 heterocycles. The lowest BCUT2D eigenvalue weighted by Crippen LogP contribution is -2.04. The Balaban J connectivity index is 2.05. The molecule has 0 bridgehead atoms. The smallest absolute Gasteiger partial charge is 0.335 e. The van der Waals surface area contributed by atoms with Crippen molar-refractivity contribution >= 4 is 17.4 Å². The van der Waals surface area contributed by atoms with Gasteiger partial charge in [0.1, 0.15) is 11.5 Å². The molecule has 0 amide bonds. The number of hydrogen-bond donors (Lipinski definition) is 1. The van der Waals surface area contributed by atoms with Gasteiger partial charge in [-0.2, -0.15) is 13.2 Å². The topological polar surface area (TPSA) is 45.8 Å². The minimum absolute atomic E-state index is 0.226. The molecule has 25 heavy (non-hydrogen) atoms. The fourth-order valence-corrected chi connectivity index (χ4v) is 2.52. The molecule has 0 aliphatic rings. The average Bonchev–Trinajstić information content (AvgIpc) is 3.00. The van der Waals surface area contributed by atoms with Gasteiger partial charge in [0.25, 0.3) is 0 Å². The Hall–Kier alpha value is -2.60. The molecular formula is C18H12ClF3N2O. The number of hydrogen-bond acceptors (Lipinski definition) is 2. The van der Waals surface area contributed by atoms with Crippen LogP contribution in [0.2, 0.25) is 5.02 Å². The van der Waals surface area contributed by atoms with Gasteiger partial charge in [-0.25, -0.2) is 4.98 Å². The van der Waals surface area contributed by atoms with Crippen molar-refractivity contribution in [2.45, 2.75) is 13.1 Å². The summed E-state index contributed by atoms with van der Waals surface area (Å²) in [7, 11) is 0. The fraction of sp³-hybridized carbons (Fsp3) is 0.111. The third kappa shape index (κ3) is 3.58. The van der Waals surface area contributed by atoms with Crippen molar-refractivity contribution in [2.75, 3.05) is 0 Å². The Morgan fingerprint density at radius 3 is 2.08 bits per heavy atom. The first-order valence-electron chi connectivity index (χ1n) is 7.30. The van der Waals surface area contributed by atoms with Crippen molar-refractivity contribution in [1.29, 1.82) is 0 Å². The van der Waals surface area contributed by atoms with Gasteiger partial charge in [0.05, 0.1) is 11.3 Å². The normalized spacial score (nSPS) is 11.6. The minimum Gasteiger partial charge on any atom is -0.335 e. The van der Waals surface area contributed by atoms with Gasteiger partial charge in [0, 0.05) is 23.1 Å². The van der Waals surface area contributed by atoms with Gasteiger partial charge in [-0.3, -0.25) is 4.79 Å². The largest absolute Gasteiger partial charge is 0.416 e. The van der Waals surface area contributed by atoms with E-state index in [-0.39, 0.29) is 11.5 Å². The van der Waals surface area contributed by atoms with Crippen LogP contribution in [0.5, 0.6) is 0 Å². The van der Waals surface area contributed by atoms with E-state index >= 15 is 0 Å². The third-order valence-corrected chi connectivity index (χ3v) is 3.91. The predicted octanol–water partition coefficient (Wildman–Crippen LogP) is 5.62. The zero-order valence-corrected chi connectivity index (χ0v) is 13.7. The number of aromatic nitrogens is 2. The fourth-order valence-electron chi connectivity index (χ4n) is 2.40. The van der Waals surface area contributed by atoms with Crippen molar-refractivity contribution < 1.29 is 18.0 Å². The zero-order valence-electron chi connectivity index (χ0n) is 13.0. The van der Waals surface area contributed by atoms with Crippen LogP contribution in [0.15, 0.2) is 48.5 Å². The SMILES string of the molecule is CC(=O)c1[nH]c(-c2ccc(C(F)(F)F)cc2)nc1-c1ccc(Cl)cc1. The quantitative estimate of drug-likeness (QED) is 0.613. The van der Waals surface area contributed by atoms with Gasteiger partial charge in [-0.15, -0.1) is 0 Å². The van der Waals surface area contributed by atoms with Crippen LogP contribution in [-0.4, -0.2) is 15.8 Å². The van der Waals surface area contributed by atoms with E-state index in [9.17, 15) is 18.0 Å². The molecular weight excluding hydrogens is 353 g/mol. The monoisotopic (exact) mass is 364 g/mol. The molecule has 1 N–H and O–H groups in total. The van der Waals surface area contributed by atoms with Gasteiger partial charge in [0.2, 0.25) is 0 Å². The van der Waals surface area contributed by atoms with Gasteiger partial charge >= 0.3 is 6.18 Å². The molecule has 0 aliphatic heterocycles. The molecule has 0 unspecified atom stereocenters. The number of rotatable bonds is 3. The highest BCUT2D eigenvalue weighted by Crippen LogP contribution is 2.32. The maximum absolute atomic E-state index is 12.7. The molecule has 0 atom stereocenters. The van der Waals surface area contributed by atoms with Gasteiger partial charge in [0.15, 0.2) is 5.78 Å². The molecule has 0 spiro atoms. The summed E-state index contributed by atoms with van der Waals surface area (Å²) in [5, 5.41) is 0.548. The van der Waals surface area contributed by atoms with Crippen LogP contribution in [0, 0.1) is 0 Å². The highest BCUT2D eigenvalue weighted by molar-refractivity contribution is 6.30. The van der Waals surface area contributed by atoms with Crippen LogP contribution in [-0.2, 0) is 6.18 Å². The predicted molar refractivity (Wildman–Crippen MR) is 89.5 cm³/mol. The summed E-state index contributed by atoms with van der Waals surface area (Å²) in [6, 6.07) is 11.4. The highest BCUT2D eigenvalue weighted by Gasteiger charge is 2.30. The molecule has 0 saturated heterocycles. The Morgan fingerprint density at radius 2 is 1.56 bits per heavy atom. The van der Waals surface area contributed by atoms with E-state index in [1.165, 1.54) is 19.1 Å². The minimum atomic E-state index is -4.40. The number of Topliss-reactive ketones (excluding diaryl/α,β-unsaturated/α-hetero) is 1. The van der Waals surface area contributed by atoms with Crippen molar-refractivity contribution in [3.63, 3.8) is 0 Å². The average molecular weight is 365 g/mol. The van der Waals surface area contributed by atoms with Gasteiger partial charge in [-0.1, -0.05) is 35.9 Å². The number of aromatic amines is 1. The molecule has 0 fully saturated rings. The van der Waals surface area contributed by atoms with Gasteiger partial charge in [-0.05, 0) is 24.3 Å². The number of benzene rings is 2. The number of halogens is 4. The first-order valence-corrected chi connectivity index (χ1v) is 7.68. The van der Waals surface area contributed by atoms with Crippen LogP contribution in [0.25, 0.3) is 22.6 Å². The van der Waals surface area contributed by atoms with Crippen molar-refractivity contribution in [3.05, 3.63) is 64.8 Å². The third-order valence-electron chi connectivity index (χ3n) is 3.66. The van der Waals surface area contributed by atoms with Crippen LogP contribution in [0.1, 0.15) is 23.0 Å². The zero-order chi connectivity index (χ0) is 18.2. The molecule has 0 radical (unpaired) electrons. The van der Waals surface area contributed by atoms with Crippen LogP contribution in [0.3, 0.4) is 0 Å². The maximum atomic E-state index is 12.7. The number of carbonyl (C=O) groups is 1. The van der Waals surface area contributed by atoms with E-state index < -0.39 is 11.7 Å². The molecule has 1 aromatic heterocycles. The summed E-state index contributed by atoms with van der Waals surface area (Å²) in [6.07, 6.45) is -4.40. The number of H-pyrrole nitrogens is 1. The standard InChI is InChI=1S/C18H12ClF3N2O/c1-10(25)15-16(11-4-8-14(19)9-5-11)24-17(23-15)12-2-6-13(7-3-12)18(20,21)22/h2-9H,1H3,(H,23,24). The van der Waals surface area contributed by atoms with E-state index in [2.05, 4.69) is 9.97 Å². The second kappa shape index (κ2) is 6.37. The first-order chi connectivity index (χ1) is 11.8. The number of ketones is 1. The molecule has 3 rings (SSSR count). The highest BCUT2D eigenvalue weighted by atomic mass is 35.5. The van der Waals surface area contributed by atoms with E-state index in [0.717, 1.165) is 12.1 Å². The summed E-state index contributed by atoms with van der Waals surface area (Å²) in [4.78, 5) is 19.2. The molecule has 2 aromatic carbocycles. The Kier molecular flexibility index (Phi) is 4.39. The number of nitrogens with zero attached hydrogens (tertiary/aromatic N) is 1. The van der Waals surface area contributed by atoms with Crippen LogP contribution >= 0.6 is 11.6 Å². The Morgan fingerprint density at radius 1 is 1.00 bits per heavy atom. The number of nitrogens with one attached hydrogen (secondary N) is 1. The second-order valence-electron chi connectivity index (χ2n) is 5.45. The van der Waals surface area contributed by atoms with Crippen molar-refractivity contribution in [3.8, 4) is 22.6 Å². The number of imidazole rings is 1. The molecule has 0 aliphatic carbocycles. The lowest BCUT2D eigenvalue weighted by atomic mass is 10.1. The van der Waals surface area contributed by atoms with E-state index in [1.54, 1.807) is 24.3 Å². The summed E-state index contributed by atoms with van der Waals surface area (Å²) >= 11 is 5.87. The number of carbonyl (C=O) groups excluding carboxylic acids is 1. The summed E-state index contributed by atoms with van der Waals surface area (Å²) in [6.45, 7) is 1.39. The first kappa shape index (κ1) is 17.2. The van der Waals surface area contributed by atoms with E-state index in [1.807, 2.05) is 0 Å². The lowest BCUT2D eigenvalue weighted by molar-refractivity contribution is -0.137. The molecule has 3 aromatic rings. The Labute approximate surface area is 146 Å². The molecule has 0 saturated carbocycles. The lowest BCUT2D eigenvalue weighted by Gasteiger charge is -2.06. The summed E-state index contributed by atoms with van der Waals surface area (Å²) < 4.78 is 38.0. The summed E-state index contributed by atoms with van der Waals surface area (Å²) in [5.74, 6) is 0.0967. The van der Waals surface area contributed by atoms with Crippen LogP contribution in [0.4, 0.5) is 13.2 Å². The maximum Gasteiger partial charge on any atom is 0.416 e. The van der Waals surface area contributed by atoms with Crippen LogP contribution < -0.4 is 0 Å². The second-order valence-corrected chi connectivity index (χ2v) is 5.88. The van der Waals surface area contributed by atoms with E-state index in [0.29, 0.717) is 27.7 Å². The van der Waals surface area contributed by atoms with Crippen molar-refractivity contribution in [2.24, 2.45) is 0 Å². The molecule has 7 heteroatoms. The van der Waals surface area contributed by atoms with Crippen molar-refractivity contribution in [1.82, 2.24) is 9.97 Å². The van der Waals surface area contributed by atoms with E-state index in [4.69, 9.17) is 11.6 Å². The number of alkyl halides is 3. The Bertz CT molecular complexity index is 913. The van der Waals surface area contributed by atoms with Gasteiger partial charge < -0.3 is 4.98 Å². The summed E-state index contributed by atoms with van der Waals surface area (Å²) in [5.41, 5.74) is 1.11. The molecule has 3 nitrogen and oxygen atoms in total.